The van der Waals surface area contributed by atoms with Gasteiger partial charge in [-0.15, -0.1) is 0 Å². The Morgan fingerprint density at radius 1 is 1.38 bits per heavy atom. The van der Waals surface area contributed by atoms with Crippen LogP contribution in [0, 0.1) is 0 Å². The second-order valence-electron chi connectivity index (χ2n) is 2.78. The lowest BCUT2D eigenvalue weighted by atomic mass is 10.1. The fraction of sp³-hybridized carbons (Fsp3) is 0.100. The molecule has 0 N–H and O–H groups in total. The summed E-state index contributed by atoms with van der Waals surface area (Å²) in [6, 6.07) is 7.40. The topological polar surface area (TPSA) is 30.2 Å². The molecule has 0 atom stereocenters. The number of fused-ring (bicyclic) bond motifs is 1. The fourth-order valence-electron chi connectivity index (χ4n) is 1.36. The predicted molar refractivity (Wildman–Crippen MR) is 49.9 cm³/mol. The molecule has 0 aromatic heterocycles. The highest BCUT2D eigenvalue weighted by Gasteiger charge is 2.12. The van der Waals surface area contributed by atoms with E-state index in [-0.39, 0.29) is 11.7 Å². The van der Waals surface area contributed by atoms with E-state index >= 15 is 0 Å². The van der Waals surface area contributed by atoms with Crippen LogP contribution in [0.3, 0.4) is 0 Å². The Labute approximate surface area is 80.5 Å². The van der Waals surface area contributed by atoms with Crippen molar-refractivity contribution >= 4 is 16.8 Å². The highest BCUT2D eigenvalue weighted by atomic mass is 35.5. The van der Waals surface area contributed by atoms with Gasteiger partial charge in [-0.05, 0) is 35.4 Å². The first kappa shape index (κ1) is 8.32. The average molecular weight is 195 g/mol. The quantitative estimate of drug-likeness (QED) is 0.688. The van der Waals surface area contributed by atoms with Gasteiger partial charge in [0.1, 0.15) is 5.76 Å². The maximum Gasteiger partial charge on any atom is 0.226 e. The van der Waals surface area contributed by atoms with Crippen LogP contribution in [-0.2, 0) is 11.2 Å². The van der Waals surface area contributed by atoms with Crippen molar-refractivity contribution in [3.63, 3.8) is 0 Å². The lowest BCUT2D eigenvalue weighted by Gasteiger charge is -1.99. The summed E-state index contributed by atoms with van der Waals surface area (Å²) in [5.74, 6) is 0.787. The summed E-state index contributed by atoms with van der Waals surface area (Å²) >= 11 is 5.30. The Bertz CT molecular complexity index is 405. The zero-order valence-corrected chi connectivity index (χ0v) is 7.54. The van der Waals surface area contributed by atoms with Gasteiger partial charge in [0.15, 0.2) is 0 Å². The van der Waals surface area contributed by atoms with Crippen LogP contribution in [0.25, 0.3) is 11.3 Å². The Kier molecular flexibility index (Phi) is 2.07. The maximum atomic E-state index is 10.7. The average Bonchev–Trinajstić information content (AvgIpc) is 2.48. The largest absolute Gasteiger partial charge is 0.464 e. The van der Waals surface area contributed by atoms with Crippen LogP contribution in [-0.4, -0.2) is 5.24 Å². The molecule has 2 aliphatic rings. The molecule has 0 saturated heterocycles. The first-order valence-electron chi connectivity index (χ1n) is 3.91. The zero-order valence-electron chi connectivity index (χ0n) is 6.79. The first-order chi connectivity index (χ1) is 6.27. The molecule has 1 aliphatic heterocycles. The Morgan fingerprint density at radius 2 is 2.23 bits per heavy atom. The highest BCUT2D eigenvalue weighted by Crippen LogP contribution is 2.27. The summed E-state index contributed by atoms with van der Waals surface area (Å²) in [4.78, 5) is 10.7. The van der Waals surface area contributed by atoms with Crippen molar-refractivity contribution in [3.8, 4) is 11.3 Å². The van der Waals surface area contributed by atoms with E-state index in [0.29, 0.717) is 0 Å². The molecular formula is C10H7ClO2. The minimum absolute atomic E-state index is 0.255. The molecule has 66 valence electrons. The lowest BCUT2D eigenvalue weighted by Crippen LogP contribution is -1.92. The van der Waals surface area contributed by atoms with Gasteiger partial charge >= 0.3 is 0 Å². The summed E-state index contributed by atoms with van der Waals surface area (Å²) in [7, 11) is 0. The van der Waals surface area contributed by atoms with Crippen LogP contribution in [0.1, 0.15) is 5.56 Å². The van der Waals surface area contributed by atoms with Gasteiger partial charge in [0, 0.05) is 12.0 Å². The molecule has 3 heteroatoms. The summed E-state index contributed by atoms with van der Waals surface area (Å²) in [5.41, 5.74) is 1.87. The van der Waals surface area contributed by atoms with Gasteiger partial charge < -0.3 is 4.42 Å². The molecule has 0 aromatic rings. The van der Waals surface area contributed by atoms with Gasteiger partial charge in [0.25, 0.3) is 0 Å². The molecule has 13 heavy (non-hydrogen) atoms. The molecule has 0 unspecified atom stereocenters. The monoisotopic (exact) mass is 194 g/mol. The van der Waals surface area contributed by atoms with Crippen LogP contribution < -0.4 is 0 Å². The second-order valence-corrected chi connectivity index (χ2v) is 3.20. The van der Waals surface area contributed by atoms with Crippen molar-refractivity contribution in [1.82, 2.24) is 0 Å². The Morgan fingerprint density at radius 3 is 3.00 bits per heavy atom. The summed E-state index contributed by atoms with van der Waals surface area (Å²) in [6.07, 6.45) is 1.86. The van der Waals surface area contributed by atoms with Crippen LogP contribution >= 0.6 is 11.6 Å². The smallest absolute Gasteiger partial charge is 0.226 e. The minimum atomic E-state index is -0.351. The summed E-state index contributed by atoms with van der Waals surface area (Å²) < 4.78 is 5.22. The molecule has 0 bridgehead atoms. The summed E-state index contributed by atoms with van der Waals surface area (Å²) in [6.45, 7) is 0. The first-order valence-corrected chi connectivity index (χ1v) is 4.28. The number of hydrogen-bond donors (Lipinski definition) is 0. The molecule has 0 aromatic carbocycles. The van der Waals surface area contributed by atoms with E-state index in [2.05, 4.69) is 0 Å². The van der Waals surface area contributed by atoms with Crippen molar-refractivity contribution in [2.75, 3.05) is 0 Å². The van der Waals surface area contributed by atoms with Gasteiger partial charge in [-0.1, -0.05) is 6.07 Å². The van der Waals surface area contributed by atoms with E-state index in [1.54, 1.807) is 12.3 Å². The van der Waals surface area contributed by atoms with Gasteiger partial charge in [-0.25, -0.2) is 0 Å². The molecular weight excluding hydrogens is 188 g/mol. The molecule has 2 nitrogen and oxygen atoms in total. The third kappa shape index (κ3) is 1.58. The SMILES string of the molecule is O=C(Cl)Cc1ccc2occcc1-2. The Balaban J connectivity index is 2.43. The lowest BCUT2D eigenvalue weighted by molar-refractivity contribution is -0.111. The molecule has 0 saturated carbocycles. The summed E-state index contributed by atoms with van der Waals surface area (Å²) in [5, 5.41) is -0.351. The van der Waals surface area contributed by atoms with E-state index in [0.717, 1.165) is 16.9 Å². The van der Waals surface area contributed by atoms with Crippen molar-refractivity contribution in [2.45, 2.75) is 6.42 Å². The van der Waals surface area contributed by atoms with Crippen LogP contribution in [0.2, 0.25) is 0 Å². The standard InChI is InChI=1S/C10H7ClO2/c11-10(12)6-7-3-4-9-8(7)2-1-5-13-9/h1-5H,6H2. The normalized spacial score (nSPS) is 10.5. The molecule has 0 spiro atoms. The molecule has 0 fully saturated rings. The molecule has 0 radical (unpaired) electrons. The predicted octanol–water partition coefficient (Wildman–Crippen LogP) is 2.69. The Hall–Kier alpha value is -1.28. The molecule has 0 amide bonds. The van der Waals surface area contributed by atoms with E-state index in [1.165, 1.54) is 0 Å². The van der Waals surface area contributed by atoms with Gasteiger partial charge in [0.2, 0.25) is 5.24 Å². The van der Waals surface area contributed by atoms with Crippen LogP contribution in [0.5, 0.6) is 0 Å². The third-order valence-electron chi connectivity index (χ3n) is 1.91. The van der Waals surface area contributed by atoms with Crippen LogP contribution in [0.15, 0.2) is 34.9 Å². The second kappa shape index (κ2) is 3.23. The maximum absolute atomic E-state index is 10.7. The van der Waals surface area contributed by atoms with E-state index in [9.17, 15) is 4.79 Å². The number of hydrogen-bond acceptors (Lipinski definition) is 2. The van der Waals surface area contributed by atoms with Crippen LogP contribution in [0.4, 0.5) is 0 Å². The van der Waals surface area contributed by atoms with Gasteiger partial charge in [0.05, 0.1) is 6.26 Å². The van der Waals surface area contributed by atoms with Gasteiger partial charge in [-0.2, -0.15) is 0 Å². The number of carbonyl (C=O) groups is 1. The number of rotatable bonds is 2. The van der Waals surface area contributed by atoms with Crippen molar-refractivity contribution < 1.29 is 9.21 Å². The van der Waals surface area contributed by atoms with Crippen molar-refractivity contribution in [3.05, 3.63) is 36.1 Å². The van der Waals surface area contributed by atoms with Crippen molar-refractivity contribution in [2.24, 2.45) is 0 Å². The number of carbonyl (C=O) groups excluding carboxylic acids is 1. The number of halogens is 1. The fourth-order valence-corrected chi connectivity index (χ4v) is 1.50. The zero-order chi connectivity index (χ0) is 9.26. The highest BCUT2D eigenvalue weighted by molar-refractivity contribution is 6.63. The molecule has 1 aliphatic carbocycles. The minimum Gasteiger partial charge on any atom is -0.464 e. The van der Waals surface area contributed by atoms with Gasteiger partial charge in [-0.3, -0.25) is 4.79 Å². The van der Waals surface area contributed by atoms with E-state index in [4.69, 9.17) is 16.0 Å². The molecule has 1 heterocycles. The molecule has 2 rings (SSSR count). The van der Waals surface area contributed by atoms with E-state index in [1.807, 2.05) is 18.2 Å². The third-order valence-corrected chi connectivity index (χ3v) is 2.05. The van der Waals surface area contributed by atoms with Crippen molar-refractivity contribution in [1.29, 1.82) is 0 Å². The van der Waals surface area contributed by atoms with E-state index < -0.39 is 0 Å².